The van der Waals surface area contributed by atoms with Crippen LogP contribution in [0.25, 0.3) is 5.65 Å². The van der Waals surface area contributed by atoms with Gasteiger partial charge in [0.2, 0.25) is 0 Å². The van der Waals surface area contributed by atoms with E-state index in [2.05, 4.69) is 24.9 Å². The number of rotatable bonds is 4. The van der Waals surface area contributed by atoms with E-state index in [4.69, 9.17) is 0 Å². The molecule has 0 amide bonds. The quantitative estimate of drug-likeness (QED) is 0.773. The first-order valence-corrected chi connectivity index (χ1v) is 8.58. The number of aryl methyl sites for hydroxylation is 1. The maximum absolute atomic E-state index is 10.4. The standard InChI is InChI=1S/C18H22N6O/c1-14-20-17-11-19-12-18(24(17)21-14)23-9-7-22(8-10-23)13-16(25)15-5-3-2-4-6-15/h2-6,11-12,16,25H,7-10,13H2,1H3. The lowest BCUT2D eigenvalue weighted by Gasteiger charge is -2.36. The zero-order valence-electron chi connectivity index (χ0n) is 14.3. The number of benzene rings is 1. The van der Waals surface area contributed by atoms with Crippen LogP contribution in [0.3, 0.4) is 0 Å². The number of hydrogen-bond donors (Lipinski definition) is 1. The smallest absolute Gasteiger partial charge is 0.176 e. The zero-order valence-corrected chi connectivity index (χ0v) is 14.3. The lowest BCUT2D eigenvalue weighted by molar-refractivity contribution is 0.109. The molecular weight excluding hydrogens is 316 g/mol. The van der Waals surface area contributed by atoms with Crippen LogP contribution in [0.1, 0.15) is 17.5 Å². The van der Waals surface area contributed by atoms with Crippen LogP contribution in [0.15, 0.2) is 42.7 Å². The molecule has 2 aromatic heterocycles. The Hall–Kier alpha value is -2.51. The van der Waals surface area contributed by atoms with Crippen LogP contribution in [0.2, 0.25) is 0 Å². The third-order valence-electron chi connectivity index (χ3n) is 4.65. The van der Waals surface area contributed by atoms with Crippen molar-refractivity contribution in [2.45, 2.75) is 13.0 Å². The molecule has 0 saturated carbocycles. The maximum Gasteiger partial charge on any atom is 0.176 e. The molecule has 1 atom stereocenters. The fraction of sp³-hybridized carbons (Fsp3) is 0.389. The van der Waals surface area contributed by atoms with Gasteiger partial charge >= 0.3 is 0 Å². The fourth-order valence-electron chi connectivity index (χ4n) is 3.31. The Morgan fingerprint density at radius 3 is 2.60 bits per heavy atom. The van der Waals surface area contributed by atoms with E-state index in [9.17, 15) is 5.11 Å². The van der Waals surface area contributed by atoms with Crippen LogP contribution in [-0.4, -0.2) is 62.3 Å². The molecule has 1 unspecified atom stereocenters. The van der Waals surface area contributed by atoms with Crippen LogP contribution < -0.4 is 4.90 Å². The highest BCUT2D eigenvalue weighted by Crippen LogP contribution is 2.19. The SMILES string of the molecule is Cc1nc2cncc(N3CCN(CC(O)c4ccccc4)CC3)n2n1. The molecule has 1 aliphatic rings. The molecule has 0 bridgehead atoms. The van der Waals surface area contributed by atoms with Crippen molar-refractivity contribution in [2.24, 2.45) is 0 Å². The van der Waals surface area contributed by atoms with Crippen LogP contribution in [-0.2, 0) is 0 Å². The number of anilines is 1. The highest BCUT2D eigenvalue weighted by atomic mass is 16.3. The average molecular weight is 338 g/mol. The van der Waals surface area contributed by atoms with Gasteiger partial charge in [-0.3, -0.25) is 9.88 Å². The first kappa shape index (κ1) is 16.0. The van der Waals surface area contributed by atoms with E-state index in [1.807, 2.05) is 48.0 Å². The normalized spacial score (nSPS) is 17.1. The summed E-state index contributed by atoms with van der Waals surface area (Å²) in [5.41, 5.74) is 1.74. The number of fused-ring (bicyclic) bond motifs is 1. The Morgan fingerprint density at radius 1 is 1.08 bits per heavy atom. The van der Waals surface area contributed by atoms with Gasteiger partial charge in [-0.2, -0.15) is 4.52 Å². The summed E-state index contributed by atoms with van der Waals surface area (Å²) in [7, 11) is 0. The first-order chi connectivity index (χ1) is 12.2. The van der Waals surface area contributed by atoms with Crippen molar-refractivity contribution in [1.82, 2.24) is 24.5 Å². The lowest BCUT2D eigenvalue weighted by Crippen LogP contribution is -2.48. The summed E-state index contributed by atoms with van der Waals surface area (Å²) < 4.78 is 1.86. The highest BCUT2D eigenvalue weighted by Gasteiger charge is 2.22. The van der Waals surface area contributed by atoms with Crippen molar-refractivity contribution in [3.05, 3.63) is 54.1 Å². The molecule has 1 fully saturated rings. The van der Waals surface area contributed by atoms with Gasteiger partial charge in [-0.25, -0.2) is 4.98 Å². The Morgan fingerprint density at radius 2 is 1.84 bits per heavy atom. The Labute approximate surface area is 146 Å². The first-order valence-electron chi connectivity index (χ1n) is 8.58. The second kappa shape index (κ2) is 6.78. The van der Waals surface area contributed by atoms with E-state index in [1.165, 1.54) is 0 Å². The maximum atomic E-state index is 10.4. The molecule has 1 aromatic carbocycles. The molecule has 3 aromatic rings. The summed E-state index contributed by atoms with van der Waals surface area (Å²) in [5.74, 6) is 1.72. The zero-order chi connectivity index (χ0) is 17.2. The van der Waals surface area contributed by atoms with Gasteiger partial charge in [0.05, 0.1) is 18.5 Å². The molecule has 4 rings (SSSR count). The van der Waals surface area contributed by atoms with Crippen molar-refractivity contribution in [1.29, 1.82) is 0 Å². The van der Waals surface area contributed by atoms with E-state index in [0.717, 1.165) is 49.0 Å². The summed E-state index contributed by atoms with van der Waals surface area (Å²) in [6, 6.07) is 9.84. The van der Waals surface area contributed by atoms with Gasteiger partial charge < -0.3 is 10.0 Å². The fourth-order valence-corrected chi connectivity index (χ4v) is 3.31. The summed E-state index contributed by atoms with van der Waals surface area (Å²) >= 11 is 0. The van der Waals surface area contributed by atoms with E-state index >= 15 is 0 Å². The van der Waals surface area contributed by atoms with Gasteiger partial charge in [0.25, 0.3) is 0 Å². The molecule has 1 saturated heterocycles. The van der Waals surface area contributed by atoms with E-state index < -0.39 is 6.10 Å². The molecule has 1 N–H and O–H groups in total. The predicted molar refractivity (Wildman–Crippen MR) is 95.6 cm³/mol. The van der Waals surface area contributed by atoms with Crippen LogP contribution in [0.4, 0.5) is 5.82 Å². The minimum atomic E-state index is -0.448. The number of β-amino-alcohol motifs (C(OH)–C–C–N with tert-alkyl or cyclic N) is 1. The van der Waals surface area contributed by atoms with Crippen molar-refractivity contribution in [3.63, 3.8) is 0 Å². The molecule has 1 aliphatic heterocycles. The number of aliphatic hydroxyl groups is 1. The molecule has 0 radical (unpaired) electrons. The molecule has 0 spiro atoms. The number of aromatic nitrogens is 4. The van der Waals surface area contributed by atoms with Crippen molar-refractivity contribution in [3.8, 4) is 0 Å². The van der Waals surface area contributed by atoms with Gasteiger partial charge in [-0.05, 0) is 12.5 Å². The lowest BCUT2D eigenvalue weighted by atomic mass is 10.1. The largest absolute Gasteiger partial charge is 0.387 e. The number of nitrogens with zero attached hydrogens (tertiary/aromatic N) is 6. The Balaban J connectivity index is 1.41. The molecule has 0 aliphatic carbocycles. The van der Waals surface area contributed by atoms with Crippen molar-refractivity contribution in [2.75, 3.05) is 37.6 Å². The molecule has 7 nitrogen and oxygen atoms in total. The van der Waals surface area contributed by atoms with Crippen LogP contribution >= 0.6 is 0 Å². The predicted octanol–water partition coefficient (Wildman–Crippen LogP) is 1.29. The minimum absolute atomic E-state index is 0.448. The minimum Gasteiger partial charge on any atom is -0.387 e. The second-order valence-corrected chi connectivity index (χ2v) is 6.41. The Kier molecular flexibility index (Phi) is 4.33. The van der Waals surface area contributed by atoms with Gasteiger partial charge in [-0.15, -0.1) is 5.10 Å². The number of piperazine rings is 1. The Bertz CT molecular complexity index is 841. The molecule has 25 heavy (non-hydrogen) atoms. The van der Waals surface area contributed by atoms with E-state index in [1.54, 1.807) is 6.20 Å². The third-order valence-corrected chi connectivity index (χ3v) is 4.65. The van der Waals surface area contributed by atoms with Crippen LogP contribution in [0.5, 0.6) is 0 Å². The second-order valence-electron chi connectivity index (χ2n) is 6.41. The number of hydrogen-bond acceptors (Lipinski definition) is 6. The van der Waals surface area contributed by atoms with Crippen LogP contribution in [0, 0.1) is 6.92 Å². The number of aliphatic hydroxyl groups excluding tert-OH is 1. The molecule has 3 heterocycles. The van der Waals surface area contributed by atoms with Crippen molar-refractivity contribution < 1.29 is 5.11 Å². The van der Waals surface area contributed by atoms with Crippen molar-refractivity contribution >= 4 is 11.5 Å². The van der Waals surface area contributed by atoms with E-state index in [0.29, 0.717) is 6.54 Å². The summed E-state index contributed by atoms with van der Waals surface area (Å²) in [6.07, 6.45) is 3.13. The van der Waals surface area contributed by atoms with Gasteiger partial charge in [-0.1, -0.05) is 30.3 Å². The van der Waals surface area contributed by atoms with E-state index in [-0.39, 0.29) is 0 Å². The molecular formula is C18H22N6O. The van der Waals surface area contributed by atoms with Gasteiger partial charge in [0.15, 0.2) is 11.5 Å². The summed E-state index contributed by atoms with van der Waals surface area (Å²) in [5, 5.41) is 14.9. The topological polar surface area (TPSA) is 69.8 Å². The third kappa shape index (κ3) is 3.33. The summed E-state index contributed by atoms with van der Waals surface area (Å²) in [6.45, 7) is 6.09. The van der Waals surface area contributed by atoms with Gasteiger partial charge in [0.1, 0.15) is 5.82 Å². The summed E-state index contributed by atoms with van der Waals surface area (Å²) in [4.78, 5) is 13.2. The molecule has 7 heteroatoms. The van der Waals surface area contributed by atoms with Gasteiger partial charge in [0, 0.05) is 32.7 Å². The monoisotopic (exact) mass is 338 g/mol. The average Bonchev–Trinajstić information content (AvgIpc) is 3.03. The highest BCUT2D eigenvalue weighted by molar-refractivity contribution is 5.47. The molecule has 130 valence electrons.